The molecular weight excluding hydrogens is 220 g/mol. The summed E-state index contributed by atoms with van der Waals surface area (Å²) in [4.78, 5) is 0.720. The molecule has 0 aliphatic rings. The number of nitrogens with one attached hydrogen (secondary N) is 1. The number of benzene rings is 1. The molecule has 0 aromatic heterocycles. The van der Waals surface area contributed by atoms with Crippen LogP contribution in [0.1, 0.15) is 0 Å². The standard InChI is InChI=1S/C11H6N4S/c12-5-8(6-13)11(7-14)15-9-2-1-3-10(16)4-9/h1-4,15-16H. The van der Waals surface area contributed by atoms with E-state index in [0.29, 0.717) is 5.69 Å². The minimum absolute atomic E-state index is 0.0658. The number of nitrogens with zero attached hydrogens (tertiary/aromatic N) is 3. The van der Waals surface area contributed by atoms with Crippen LogP contribution in [0.2, 0.25) is 0 Å². The van der Waals surface area contributed by atoms with Crippen molar-refractivity contribution in [3.05, 3.63) is 35.5 Å². The van der Waals surface area contributed by atoms with Gasteiger partial charge in [-0.15, -0.1) is 12.6 Å². The second-order valence-corrected chi connectivity index (χ2v) is 3.28. The lowest BCUT2D eigenvalue weighted by molar-refractivity contribution is 1.36. The molecule has 0 aliphatic heterocycles. The average molecular weight is 226 g/mol. The minimum atomic E-state index is -0.243. The first-order chi connectivity index (χ1) is 7.71. The van der Waals surface area contributed by atoms with E-state index in [1.165, 1.54) is 0 Å². The van der Waals surface area contributed by atoms with Gasteiger partial charge in [0.25, 0.3) is 0 Å². The van der Waals surface area contributed by atoms with Gasteiger partial charge in [0.05, 0.1) is 0 Å². The van der Waals surface area contributed by atoms with Gasteiger partial charge in [-0.3, -0.25) is 0 Å². The third-order valence-corrected chi connectivity index (χ3v) is 1.98. The topological polar surface area (TPSA) is 83.4 Å². The zero-order valence-corrected chi connectivity index (χ0v) is 8.99. The Kier molecular flexibility index (Phi) is 3.98. The van der Waals surface area contributed by atoms with Gasteiger partial charge in [0.15, 0.2) is 5.57 Å². The SMILES string of the molecule is N#CC(C#N)=C(C#N)Nc1cccc(S)c1. The number of hydrogen-bond acceptors (Lipinski definition) is 5. The van der Waals surface area contributed by atoms with Crippen molar-refractivity contribution in [1.29, 1.82) is 15.8 Å². The van der Waals surface area contributed by atoms with E-state index in [4.69, 9.17) is 15.8 Å². The summed E-state index contributed by atoms with van der Waals surface area (Å²) in [5.74, 6) is 0. The Morgan fingerprint density at radius 2 is 1.81 bits per heavy atom. The second kappa shape index (κ2) is 5.46. The highest BCUT2D eigenvalue weighted by molar-refractivity contribution is 7.80. The maximum Gasteiger partial charge on any atom is 0.163 e. The first kappa shape index (κ1) is 11.7. The quantitative estimate of drug-likeness (QED) is 0.598. The van der Waals surface area contributed by atoms with Crippen LogP contribution in [0.25, 0.3) is 0 Å². The zero-order chi connectivity index (χ0) is 12.0. The van der Waals surface area contributed by atoms with Crippen molar-refractivity contribution < 1.29 is 0 Å². The van der Waals surface area contributed by atoms with E-state index < -0.39 is 0 Å². The van der Waals surface area contributed by atoms with Crippen LogP contribution in [-0.4, -0.2) is 0 Å². The van der Waals surface area contributed by atoms with Crippen LogP contribution in [0.4, 0.5) is 5.69 Å². The van der Waals surface area contributed by atoms with Crippen LogP contribution < -0.4 is 5.32 Å². The zero-order valence-electron chi connectivity index (χ0n) is 8.10. The predicted octanol–water partition coefficient (Wildman–Crippen LogP) is 2.21. The molecule has 16 heavy (non-hydrogen) atoms. The van der Waals surface area contributed by atoms with E-state index in [1.807, 2.05) is 0 Å². The molecule has 0 bridgehead atoms. The van der Waals surface area contributed by atoms with Gasteiger partial charge in [0, 0.05) is 10.6 Å². The molecule has 1 aromatic rings. The van der Waals surface area contributed by atoms with E-state index in [0.717, 1.165) is 4.90 Å². The molecule has 0 aliphatic carbocycles. The third kappa shape index (κ3) is 2.78. The number of allylic oxidation sites excluding steroid dienone is 2. The van der Waals surface area contributed by atoms with Crippen LogP contribution >= 0.6 is 12.6 Å². The second-order valence-electron chi connectivity index (χ2n) is 2.76. The fourth-order valence-corrected chi connectivity index (χ4v) is 1.24. The van der Waals surface area contributed by atoms with Gasteiger partial charge in [-0.25, -0.2) is 0 Å². The summed E-state index contributed by atoms with van der Waals surface area (Å²) in [5, 5.41) is 28.7. The average Bonchev–Trinajstić information content (AvgIpc) is 2.29. The Balaban J connectivity index is 3.07. The van der Waals surface area contributed by atoms with Crippen molar-refractivity contribution in [2.75, 3.05) is 5.32 Å². The Morgan fingerprint density at radius 1 is 1.12 bits per heavy atom. The van der Waals surface area contributed by atoms with Gasteiger partial charge in [0.2, 0.25) is 0 Å². The fraction of sp³-hybridized carbons (Fsp3) is 0. The molecule has 0 spiro atoms. The van der Waals surface area contributed by atoms with Gasteiger partial charge in [-0.2, -0.15) is 15.8 Å². The summed E-state index contributed by atoms with van der Waals surface area (Å²) in [6, 6.07) is 12.0. The summed E-state index contributed by atoms with van der Waals surface area (Å²) >= 11 is 4.13. The lowest BCUT2D eigenvalue weighted by Gasteiger charge is -2.04. The van der Waals surface area contributed by atoms with E-state index in [2.05, 4.69) is 17.9 Å². The summed E-state index contributed by atoms with van der Waals surface area (Å²) < 4.78 is 0. The molecule has 5 heteroatoms. The molecule has 1 aromatic carbocycles. The fourth-order valence-electron chi connectivity index (χ4n) is 1.01. The number of hydrogen-bond donors (Lipinski definition) is 2. The molecule has 0 unspecified atom stereocenters. The monoisotopic (exact) mass is 226 g/mol. The third-order valence-electron chi connectivity index (χ3n) is 1.70. The normalized spacial score (nSPS) is 8.12. The minimum Gasteiger partial charge on any atom is -0.345 e. The van der Waals surface area contributed by atoms with E-state index in [-0.39, 0.29) is 11.3 Å². The lowest BCUT2D eigenvalue weighted by atomic mass is 10.2. The Labute approximate surface area is 98.4 Å². The summed E-state index contributed by atoms with van der Waals surface area (Å²) in [7, 11) is 0. The molecule has 4 nitrogen and oxygen atoms in total. The smallest absolute Gasteiger partial charge is 0.163 e. The van der Waals surface area contributed by atoms with Gasteiger partial charge in [-0.1, -0.05) is 6.07 Å². The van der Waals surface area contributed by atoms with Crippen LogP contribution in [0.3, 0.4) is 0 Å². The first-order valence-corrected chi connectivity index (χ1v) is 4.66. The van der Waals surface area contributed by atoms with Crippen molar-refractivity contribution in [1.82, 2.24) is 0 Å². The van der Waals surface area contributed by atoms with Crippen LogP contribution in [0.15, 0.2) is 40.4 Å². The number of nitriles is 3. The predicted molar refractivity (Wildman–Crippen MR) is 61.2 cm³/mol. The first-order valence-electron chi connectivity index (χ1n) is 4.22. The molecule has 1 rings (SSSR count). The highest BCUT2D eigenvalue weighted by Gasteiger charge is 2.05. The van der Waals surface area contributed by atoms with Crippen molar-refractivity contribution in [3.8, 4) is 18.2 Å². The molecule has 0 saturated carbocycles. The highest BCUT2D eigenvalue weighted by Crippen LogP contribution is 2.16. The highest BCUT2D eigenvalue weighted by atomic mass is 32.1. The van der Waals surface area contributed by atoms with E-state index >= 15 is 0 Å². The number of thiol groups is 1. The molecule has 76 valence electrons. The Hall–Kier alpha value is -2.42. The summed E-state index contributed by atoms with van der Waals surface area (Å²) in [6.07, 6.45) is 0. The number of anilines is 1. The molecule has 0 fully saturated rings. The van der Waals surface area contributed by atoms with Gasteiger partial charge < -0.3 is 5.32 Å². The van der Waals surface area contributed by atoms with E-state index in [9.17, 15) is 0 Å². The maximum absolute atomic E-state index is 8.80. The van der Waals surface area contributed by atoms with Crippen LogP contribution in [0.5, 0.6) is 0 Å². The van der Waals surface area contributed by atoms with Crippen LogP contribution in [0, 0.1) is 34.0 Å². The van der Waals surface area contributed by atoms with Gasteiger partial charge in [-0.05, 0) is 18.2 Å². The number of rotatable bonds is 2. The molecular formula is C11H6N4S. The Morgan fingerprint density at radius 3 is 2.31 bits per heavy atom. The lowest BCUT2D eigenvalue weighted by Crippen LogP contribution is -2.00. The van der Waals surface area contributed by atoms with E-state index in [1.54, 1.807) is 42.5 Å². The molecule has 0 heterocycles. The summed E-state index contributed by atoms with van der Waals surface area (Å²) in [5.41, 5.74) is 0.294. The molecule has 1 N–H and O–H groups in total. The summed E-state index contributed by atoms with van der Waals surface area (Å²) in [6.45, 7) is 0. The van der Waals surface area contributed by atoms with Crippen molar-refractivity contribution in [3.63, 3.8) is 0 Å². The Bertz CT molecular complexity index is 539. The molecule has 0 radical (unpaired) electrons. The molecule has 0 atom stereocenters. The molecule has 0 saturated heterocycles. The van der Waals surface area contributed by atoms with Crippen molar-refractivity contribution in [2.45, 2.75) is 4.90 Å². The largest absolute Gasteiger partial charge is 0.345 e. The van der Waals surface area contributed by atoms with Crippen molar-refractivity contribution >= 4 is 18.3 Å². The van der Waals surface area contributed by atoms with Gasteiger partial charge >= 0.3 is 0 Å². The molecule has 0 amide bonds. The maximum atomic E-state index is 8.80. The van der Waals surface area contributed by atoms with Crippen molar-refractivity contribution in [2.24, 2.45) is 0 Å². The van der Waals surface area contributed by atoms with Gasteiger partial charge in [0.1, 0.15) is 23.9 Å². The van der Waals surface area contributed by atoms with Crippen LogP contribution in [-0.2, 0) is 0 Å².